The van der Waals surface area contributed by atoms with Gasteiger partial charge >= 0.3 is 5.97 Å². The number of hydrogen-bond acceptors (Lipinski definition) is 5. The van der Waals surface area contributed by atoms with Crippen molar-refractivity contribution >= 4 is 50.5 Å². The molecule has 0 saturated heterocycles. The predicted molar refractivity (Wildman–Crippen MR) is 111 cm³/mol. The smallest absolute Gasteiger partial charge is 0.341 e. The summed E-state index contributed by atoms with van der Waals surface area (Å²) in [5.74, 6) is -2.55. The molecule has 2 aromatic carbocycles. The van der Waals surface area contributed by atoms with Crippen LogP contribution in [-0.2, 0) is 6.54 Å². The number of rotatable bonds is 6. The molecule has 0 unspecified atom stereocenters. The zero-order chi connectivity index (χ0) is 21.1. The van der Waals surface area contributed by atoms with E-state index in [4.69, 9.17) is 0 Å². The van der Waals surface area contributed by atoms with Crippen LogP contribution in [0.2, 0.25) is 0 Å². The summed E-state index contributed by atoms with van der Waals surface area (Å²) in [6.07, 6.45) is 2.24. The summed E-state index contributed by atoms with van der Waals surface area (Å²) in [5, 5.41) is 12.9. The van der Waals surface area contributed by atoms with E-state index in [1.54, 1.807) is 31.2 Å². The van der Waals surface area contributed by atoms with Crippen LogP contribution in [-0.4, -0.2) is 27.6 Å². The highest BCUT2D eigenvalue weighted by Crippen LogP contribution is 2.22. The molecule has 0 radical (unpaired) electrons. The molecule has 0 fully saturated rings. The predicted octanol–water partition coefficient (Wildman–Crippen LogP) is 3.90. The van der Waals surface area contributed by atoms with Gasteiger partial charge in [0.05, 0.1) is 17.4 Å². The fourth-order valence-electron chi connectivity index (χ4n) is 2.76. The van der Waals surface area contributed by atoms with E-state index in [1.165, 1.54) is 16.8 Å². The molecular weight excluding hydrogens is 445 g/mol. The van der Waals surface area contributed by atoms with Crippen molar-refractivity contribution in [1.29, 1.82) is 0 Å². The van der Waals surface area contributed by atoms with Gasteiger partial charge in [0, 0.05) is 28.2 Å². The molecule has 3 aromatic rings. The monoisotopic (exact) mass is 459 g/mol. The van der Waals surface area contributed by atoms with Crippen molar-refractivity contribution < 1.29 is 19.1 Å². The first kappa shape index (κ1) is 20.4. The Morgan fingerprint density at radius 1 is 1.28 bits per heavy atom. The maximum absolute atomic E-state index is 14.4. The van der Waals surface area contributed by atoms with Gasteiger partial charge in [-0.05, 0) is 43.3 Å². The van der Waals surface area contributed by atoms with Gasteiger partial charge in [-0.3, -0.25) is 15.0 Å². The first-order chi connectivity index (χ1) is 13.8. The number of nitrogens with zero attached hydrogens (tertiary/aromatic N) is 2. The lowest BCUT2D eigenvalue weighted by Gasteiger charge is -2.12. The van der Waals surface area contributed by atoms with E-state index in [2.05, 4.69) is 26.5 Å². The number of Topliss-reactive ketones (excluding diaryl/α,β-unsaturated/α-hetero) is 1. The van der Waals surface area contributed by atoms with Gasteiger partial charge in [0.1, 0.15) is 11.4 Å². The molecule has 29 heavy (non-hydrogen) atoms. The van der Waals surface area contributed by atoms with Gasteiger partial charge in [0.15, 0.2) is 0 Å². The van der Waals surface area contributed by atoms with Crippen molar-refractivity contribution in [3.05, 3.63) is 74.2 Å². The molecule has 0 aliphatic heterocycles. The second-order valence-corrected chi connectivity index (χ2v) is 6.97. The number of pyridine rings is 1. The number of fused-ring (bicyclic) bond motifs is 1. The molecule has 7 nitrogen and oxygen atoms in total. The summed E-state index contributed by atoms with van der Waals surface area (Å²) < 4.78 is 16.8. The third-order valence-corrected chi connectivity index (χ3v) is 4.76. The lowest BCUT2D eigenvalue weighted by molar-refractivity contribution is 0.0694. The molecule has 2 N–H and O–H groups in total. The number of nitrogens with one attached hydrogen (secondary N) is 1. The van der Waals surface area contributed by atoms with Gasteiger partial charge in [-0.25, -0.2) is 9.18 Å². The second-order valence-electron chi connectivity index (χ2n) is 6.05. The highest BCUT2D eigenvalue weighted by atomic mass is 79.9. The Morgan fingerprint density at radius 2 is 1.97 bits per heavy atom. The number of carbonyl (C=O) groups excluding carboxylic acids is 1. The molecule has 0 aliphatic rings. The number of carbonyl (C=O) groups is 2. The maximum atomic E-state index is 14.4. The summed E-state index contributed by atoms with van der Waals surface area (Å²) in [6, 6.07) is 8.98. The van der Waals surface area contributed by atoms with Crippen molar-refractivity contribution in [3.63, 3.8) is 0 Å². The van der Waals surface area contributed by atoms with Gasteiger partial charge in [-0.1, -0.05) is 15.9 Å². The molecule has 148 valence electrons. The molecule has 1 aromatic heterocycles. The average Bonchev–Trinajstić information content (AvgIpc) is 2.69. The van der Waals surface area contributed by atoms with Crippen molar-refractivity contribution in [2.75, 3.05) is 5.43 Å². The highest BCUT2D eigenvalue weighted by molar-refractivity contribution is 9.10. The fourth-order valence-corrected chi connectivity index (χ4v) is 3.02. The quantitative estimate of drug-likeness (QED) is 0.330. The topological polar surface area (TPSA) is 101 Å². The van der Waals surface area contributed by atoms with Crippen molar-refractivity contribution in [2.45, 2.75) is 13.5 Å². The van der Waals surface area contributed by atoms with E-state index >= 15 is 0 Å². The van der Waals surface area contributed by atoms with Crippen LogP contribution < -0.4 is 10.9 Å². The molecule has 0 amide bonds. The second kappa shape index (κ2) is 8.36. The van der Waals surface area contributed by atoms with Crippen LogP contribution in [0.4, 0.5) is 10.1 Å². The Morgan fingerprint density at radius 3 is 2.59 bits per heavy atom. The van der Waals surface area contributed by atoms with Crippen molar-refractivity contribution in [1.82, 2.24) is 4.57 Å². The van der Waals surface area contributed by atoms with Crippen LogP contribution in [0.5, 0.6) is 0 Å². The molecule has 9 heteroatoms. The highest BCUT2D eigenvalue weighted by Gasteiger charge is 2.16. The number of hydrogen-bond donors (Lipinski definition) is 2. The number of aryl methyl sites for hydroxylation is 1. The van der Waals surface area contributed by atoms with Gasteiger partial charge in [0.25, 0.3) is 0 Å². The van der Waals surface area contributed by atoms with Crippen LogP contribution in [0.1, 0.15) is 27.6 Å². The first-order valence-corrected chi connectivity index (χ1v) is 9.30. The average molecular weight is 460 g/mol. The molecular formula is C20H15BrFN3O4. The minimum Gasteiger partial charge on any atom is -0.477 e. The number of hydrazone groups is 1. The van der Waals surface area contributed by atoms with Gasteiger partial charge in [0.2, 0.25) is 11.2 Å². The molecule has 0 spiro atoms. The number of aromatic carboxylic acids is 1. The Labute approximate surface area is 172 Å². The first-order valence-electron chi connectivity index (χ1n) is 8.50. The normalized spacial score (nSPS) is 11.1. The molecule has 0 atom stereocenters. The lowest BCUT2D eigenvalue weighted by atomic mass is 10.1. The summed E-state index contributed by atoms with van der Waals surface area (Å²) in [5.41, 5.74) is 1.97. The van der Waals surface area contributed by atoms with E-state index < -0.39 is 22.8 Å². The number of benzene rings is 2. The molecule has 0 bridgehead atoms. The summed E-state index contributed by atoms with van der Waals surface area (Å²) in [6.45, 7) is 2.13. The fraction of sp³-hybridized carbons (Fsp3) is 0.100. The van der Waals surface area contributed by atoms with E-state index in [1.807, 2.05) is 0 Å². The number of ketones is 1. The number of halogens is 2. The van der Waals surface area contributed by atoms with E-state index in [9.17, 15) is 23.9 Å². The minimum atomic E-state index is -1.38. The third-order valence-electron chi connectivity index (χ3n) is 4.24. The Bertz CT molecular complexity index is 1200. The van der Waals surface area contributed by atoms with Gasteiger partial charge in [-0.15, -0.1) is 0 Å². The summed E-state index contributed by atoms with van der Waals surface area (Å²) >= 11 is 3.28. The van der Waals surface area contributed by atoms with E-state index in [0.29, 0.717) is 17.6 Å². The Kier molecular flexibility index (Phi) is 5.88. The van der Waals surface area contributed by atoms with Crippen LogP contribution in [0.15, 0.2) is 57.0 Å². The van der Waals surface area contributed by atoms with Gasteiger partial charge < -0.3 is 9.67 Å². The molecule has 0 aliphatic carbocycles. The number of aromatic nitrogens is 1. The Balaban J connectivity index is 1.94. The van der Waals surface area contributed by atoms with Crippen molar-refractivity contribution in [2.24, 2.45) is 5.10 Å². The van der Waals surface area contributed by atoms with Crippen molar-refractivity contribution in [3.8, 4) is 0 Å². The number of carboxylic acid groups (broad SMARTS) is 1. The molecule has 1 heterocycles. The standard InChI is InChI=1S/C20H15BrFN3O4/c1-2-25-10-14(20(28)29)19(27)13-7-15(22)16(8-17(13)25)24-23-9-18(26)11-3-5-12(21)6-4-11/h3-10,24H,2H2,1H3,(H,28,29)/b23-9+. The SMILES string of the molecule is CCn1cc(C(=O)O)c(=O)c2cc(F)c(N/N=C/C(=O)c3ccc(Br)cc3)cc21. The van der Waals surface area contributed by atoms with Crippen LogP contribution in [0.25, 0.3) is 10.9 Å². The Hall–Kier alpha value is -3.33. The largest absolute Gasteiger partial charge is 0.477 e. The number of carboxylic acids is 1. The van der Waals surface area contributed by atoms with Crippen LogP contribution >= 0.6 is 15.9 Å². The molecule has 3 rings (SSSR count). The van der Waals surface area contributed by atoms with E-state index in [-0.39, 0.29) is 16.9 Å². The molecule has 0 saturated carbocycles. The third kappa shape index (κ3) is 4.24. The zero-order valence-electron chi connectivity index (χ0n) is 15.1. The van der Waals surface area contributed by atoms with Crippen LogP contribution in [0, 0.1) is 5.82 Å². The maximum Gasteiger partial charge on any atom is 0.341 e. The summed E-state index contributed by atoms with van der Waals surface area (Å²) in [4.78, 5) is 35.7. The summed E-state index contributed by atoms with van der Waals surface area (Å²) in [7, 11) is 0. The number of anilines is 1. The minimum absolute atomic E-state index is 0.0512. The lowest BCUT2D eigenvalue weighted by Crippen LogP contribution is -2.19. The zero-order valence-corrected chi connectivity index (χ0v) is 16.7. The van der Waals surface area contributed by atoms with E-state index in [0.717, 1.165) is 16.8 Å². The van der Waals surface area contributed by atoms with Gasteiger partial charge in [-0.2, -0.15) is 5.10 Å². The van der Waals surface area contributed by atoms with Crippen LogP contribution in [0.3, 0.4) is 0 Å².